The van der Waals surface area contributed by atoms with Gasteiger partial charge in [0.25, 0.3) is 0 Å². The zero-order chi connectivity index (χ0) is 15.5. The lowest BCUT2D eigenvalue weighted by Crippen LogP contribution is -2.53. The highest BCUT2D eigenvalue weighted by Gasteiger charge is 2.40. The minimum atomic E-state index is -0.522. The lowest BCUT2D eigenvalue weighted by molar-refractivity contribution is 0.0830. The first kappa shape index (κ1) is 16.4. The van der Waals surface area contributed by atoms with Gasteiger partial charge in [-0.3, -0.25) is 4.90 Å². The lowest BCUT2D eigenvalue weighted by Gasteiger charge is -2.45. The predicted molar refractivity (Wildman–Crippen MR) is 82.3 cm³/mol. The van der Waals surface area contributed by atoms with E-state index in [4.69, 9.17) is 0 Å². The number of nitrogens with one attached hydrogen (secondary N) is 1. The van der Waals surface area contributed by atoms with Crippen LogP contribution in [0.1, 0.15) is 51.6 Å². The molecule has 0 aliphatic carbocycles. The molecule has 0 spiro atoms. The second-order valence-electron chi connectivity index (χ2n) is 6.06. The van der Waals surface area contributed by atoms with E-state index in [-0.39, 0.29) is 11.6 Å². The largest absolute Gasteiger partial charge is 0.309 e. The highest BCUT2D eigenvalue weighted by molar-refractivity contribution is 5.26. The van der Waals surface area contributed by atoms with Gasteiger partial charge in [0.05, 0.1) is 6.04 Å². The van der Waals surface area contributed by atoms with E-state index in [9.17, 15) is 8.78 Å². The third kappa shape index (κ3) is 3.27. The highest BCUT2D eigenvalue weighted by atomic mass is 19.1. The van der Waals surface area contributed by atoms with Gasteiger partial charge in [-0.1, -0.05) is 19.9 Å². The number of halogens is 2. The molecule has 2 unspecified atom stereocenters. The molecule has 2 rings (SSSR count). The Kier molecular flexibility index (Phi) is 5.33. The minimum Gasteiger partial charge on any atom is -0.309 e. The molecule has 0 amide bonds. The van der Waals surface area contributed by atoms with Gasteiger partial charge >= 0.3 is 0 Å². The Morgan fingerprint density at radius 3 is 2.43 bits per heavy atom. The van der Waals surface area contributed by atoms with Crippen LogP contribution in [0.25, 0.3) is 0 Å². The fourth-order valence-electron chi connectivity index (χ4n) is 3.44. The van der Waals surface area contributed by atoms with Gasteiger partial charge in [0.15, 0.2) is 0 Å². The zero-order valence-corrected chi connectivity index (χ0v) is 13.3. The van der Waals surface area contributed by atoms with Gasteiger partial charge in [0, 0.05) is 17.2 Å². The smallest absolute Gasteiger partial charge is 0.130 e. The van der Waals surface area contributed by atoms with E-state index >= 15 is 0 Å². The number of hydrogen-bond acceptors (Lipinski definition) is 2. The summed E-state index contributed by atoms with van der Waals surface area (Å²) in [4.78, 5) is 2.45. The molecule has 1 aromatic rings. The van der Waals surface area contributed by atoms with Crippen LogP contribution in [0.5, 0.6) is 0 Å². The van der Waals surface area contributed by atoms with Gasteiger partial charge < -0.3 is 5.32 Å². The highest BCUT2D eigenvalue weighted by Crippen LogP contribution is 2.37. The van der Waals surface area contributed by atoms with Crippen molar-refractivity contribution in [1.82, 2.24) is 10.2 Å². The maximum absolute atomic E-state index is 14.3. The molecule has 1 saturated heterocycles. The van der Waals surface area contributed by atoms with Crippen molar-refractivity contribution in [1.29, 1.82) is 0 Å². The number of likely N-dealkylation sites (N-methyl/N-ethyl adjacent to an activating group) is 1. The minimum absolute atomic E-state index is 0.133. The molecule has 0 aromatic heterocycles. The van der Waals surface area contributed by atoms with Gasteiger partial charge in [0.1, 0.15) is 11.6 Å². The molecule has 1 N–H and O–H groups in total. The van der Waals surface area contributed by atoms with E-state index in [1.54, 1.807) is 6.07 Å². The number of benzene rings is 1. The summed E-state index contributed by atoms with van der Waals surface area (Å²) in [6.45, 7) is 9.21. The van der Waals surface area contributed by atoms with Crippen LogP contribution in [0.2, 0.25) is 0 Å². The van der Waals surface area contributed by atoms with Crippen molar-refractivity contribution in [2.45, 2.75) is 51.6 Å². The average molecular weight is 296 g/mol. The summed E-state index contributed by atoms with van der Waals surface area (Å²) in [6, 6.07) is 3.79. The van der Waals surface area contributed by atoms with E-state index in [0.717, 1.165) is 32.1 Å². The van der Waals surface area contributed by atoms with E-state index in [1.807, 2.05) is 6.92 Å². The molecule has 4 heteroatoms. The summed E-state index contributed by atoms with van der Waals surface area (Å²) in [7, 11) is 0. The Morgan fingerprint density at radius 2 is 1.90 bits per heavy atom. The Balaban J connectivity index is 2.39. The van der Waals surface area contributed by atoms with Crippen LogP contribution in [0.4, 0.5) is 8.78 Å². The van der Waals surface area contributed by atoms with Gasteiger partial charge in [-0.05, 0) is 51.9 Å². The van der Waals surface area contributed by atoms with Gasteiger partial charge in [-0.15, -0.1) is 0 Å². The summed E-state index contributed by atoms with van der Waals surface area (Å²) < 4.78 is 27.5. The van der Waals surface area contributed by atoms with E-state index < -0.39 is 11.6 Å². The van der Waals surface area contributed by atoms with Crippen LogP contribution < -0.4 is 5.32 Å². The molecular weight excluding hydrogens is 270 g/mol. The third-order valence-electron chi connectivity index (χ3n) is 4.85. The molecule has 1 aliphatic heterocycles. The Bertz CT molecular complexity index is 472. The first-order valence-corrected chi connectivity index (χ1v) is 7.96. The van der Waals surface area contributed by atoms with Crippen molar-refractivity contribution in [3.8, 4) is 0 Å². The summed E-state index contributed by atoms with van der Waals surface area (Å²) in [6.07, 6.45) is 3.31. The molecule has 0 bridgehead atoms. The van der Waals surface area contributed by atoms with Crippen LogP contribution in [0.15, 0.2) is 18.2 Å². The predicted octanol–water partition coefficient (Wildman–Crippen LogP) is 3.88. The topological polar surface area (TPSA) is 15.3 Å². The zero-order valence-electron chi connectivity index (χ0n) is 13.3. The Morgan fingerprint density at radius 1 is 1.24 bits per heavy atom. The first-order chi connectivity index (χ1) is 10.0. The molecule has 0 radical (unpaired) electrons. The third-order valence-corrected chi connectivity index (χ3v) is 4.85. The molecule has 2 nitrogen and oxygen atoms in total. The normalized spacial score (nSPS) is 20.4. The quantitative estimate of drug-likeness (QED) is 0.857. The monoisotopic (exact) mass is 296 g/mol. The second kappa shape index (κ2) is 6.84. The number of nitrogens with zero attached hydrogens (tertiary/aromatic N) is 1. The fourth-order valence-corrected chi connectivity index (χ4v) is 3.44. The van der Waals surface area contributed by atoms with Crippen molar-refractivity contribution < 1.29 is 8.78 Å². The molecule has 1 aliphatic rings. The van der Waals surface area contributed by atoms with E-state index in [2.05, 4.69) is 24.1 Å². The van der Waals surface area contributed by atoms with Crippen LogP contribution >= 0.6 is 0 Å². The van der Waals surface area contributed by atoms with Crippen molar-refractivity contribution in [3.63, 3.8) is 0 Å². The molecule has 1 aromatic carbocycles. The Labute approximate surface area is 126 Å². The van der Waals surface area contributed by atoms with Crippen LogP contribution in [-0.4, -0.2) is 30.1 Å². The standard InChI is InChI=1S/C17H26F2N2/c1-4-17(3,21-10-6-7-11-21)16(20-5-2)14-9-8-13(18)12-15(14)19/h8-9,12,16,20H,4-7,10-11H2,1-3H3. The number of likely N-dealkylation sites (tertiary alicyclic amines) is 1. The van der Waals surface area contributed by atoms with Crippen molar-refractivity contribution in [2.24, 2.45) is 0 Å². The van der Waals surface area contributed by atoms with Crippen LogP contribution in [-0.2, 0) is 0 Å². The summed E-state index contributed by atoms with van der Waals surface area (Å²) in [5.41, 5.74) is 0.403. The van der Waals surface area contributed by atoms with Gasteiger partial charge in [-0.2, -0.15) is 0 Å². The SMILES string of the molecule is CCNC(c1ccc(F)cc1F)C(C)(CC)N1CCCC1. The van der Waals surface area contributed by atoms with Crippen molar-refractivity contribution >= 4 is 0 Å². The maximum Gasteiger partial charge on any atom is 0.130 e. The van der Waals surface area contributed by atoms with E-state index in [0.29, 0.717) is 5.56 Å². The fraction of sp³-hybridized carbons (Fsp3) is 0.647. The molecule has 118 valence electrons. The molecule has 2 atom stereocenters. The molecule has 1 fully saturated rings. The summed E-state index contributed by atoms with van der Waals surface area (Å²) >= 11 is 0. The number of hydrogen-bond donors (Lipinski definition) is 1. The van der Waals surface area contributed by atoms with Crippen molar-refractivity contribution in [2.75, 3.05) is 19.6 Å². The van der Waals surface area contributed by atoms with Crippen LogP contribution in [0, 0.1) is 11.6 Å². The van der Waals surface area contributed by atoms with Crippen LogP contribution in [0.3, 0.4) is 0 Å². The van der Waals surface area contributed by atoms with E-state index in [1.165, 1.54) is 18.9 Å². The Hall–Kier alpha value is -1.00. The first-order valence-electron chi connectivity index (χ1n) is 7.96. The maximum atomic E-state index is 14.3. The van der Waals surface area contributed by atoms with Gasteiger partial charge in [0.2, 0.25) is 0 Å². The lowest BCUT2D eigenvalue weighted by atomic mass is 9.82. The van der Waals surface area contributed by atoms with Crippen molar-refractivity contribution in [3.05, 3.63) is 35.4 Å². The summed E-state index contributed by atoms with van der Waals surface area (Å²) in [5.74, 6) is -0.981. The molecule has 0 saturated carbocycles. The van der Waals surface area contributed by atoms with Gasteiger partial charge in [-0.25, -0.2) is 8.78 Å². The summed E-state index contributed by atoms with van der Waals surface area (Å²) in [5, 5.41) is 3.42. The second-order valence-corrected chi connectivity index (χ2v) is 6.06. The molecule has 1 heterocycles. The molecule has 21 heavy (non-hydrogen) atoms. The molecular formula is C17H26F2N2. The number of rotatable bonds is 6. The average Bonchev–Trinajstić information content (AvgIpc) is 2.99.